The zero-order chi connectivity index (χ0) is 16.0. The SMILES string of the molecule is CCc1cc(NC(=O)CNC(=O)[C@@H](N)C(C)C)ccc1C. The van der Waals surface area contributed by atoms with Crippen LogP contribution in [0.25, 0.3) is 0 Å². The molecule has 0 bridgehead atoms. The lowest BCUT2D eigenvalue weighted by Gasteiger charge is -2.15. The van der Waals surface area contributed by atoms with E-state index in [4.69, 9.17) is 5.73 Å². The molecule has 5 nitrogen and oxygen atoms in total. The smallest absolute Gasteiger partial charge is 0.243 e. The number of benzene rings is 1. The lowest BCUT2D eigenvalue weighted by Crippen LogP contribution is -2.46. The van der Waals surface area contributed by atoms with Crippen LogP contribution in [-0.4, -0.2) is 24.4 Å². The van der Waals surface area contributed by atoms with Gasteiger partial charge in [0.2, 0.25) is 11.8 Å². The van der Waals surface area contributed by atoms with Crippen LogP contribution in [0, 0.1) is 12.8 Å². The molecular formula is C16H25N3O2. The van der Waals surface area contributed by atoms with Crippen molar-refractivity contribution < 1.29 is 9.59 Å². The Hall–Kier alpha value is -1.88. The van der Waals surface area contributed by atoms with Crippen LogP contribution in [0.5, 0.6) is 0 Å². The zero-order valence-electron chi connectivity index (χ0n) is 13.2. The maximum absolute atomic E-state index is 11.8. The van der Waals surface area contributed by atoms with Gasteiger partial charge in [-0.05, 0) is 42.5 Å². The summed E-state index contributed by atoms with van der Waals surface area (Å²) in [5.74, 6) is -0.527. The third-order valence-corrected chi connectivity index (χ3v) is 3.46. The number of carbonyl (C=O) groups is 2. The van der Waals surface area contributed by atoms with E-state index in [9.17, 15) is 9.59 Å². The topological polar surface area (TPSA) is 84.2 Å². The van der Waals surface area contributed by atoms with Gasteiger partial charge in [-0.2, -0.15) is 0 Å². The molecule has 116 valence electrons. The fourth-order valence-corrected chi connectivity index (χ4v) is 1.92. The molecule has 0 fully saturated rings. The molecule has 5 heteroatoms. The van der Waals surface area contributed by atoms with Gasteiger partial charge in [-0.3, -0.25) is 9.59 Å². The Labute approximate surface area is 126 Å². The van der Waals surface area contributed by atoms with Crippen LogP contribution in [0.2, 0.25) is 0 Å². The van der Waals surface area contributed by atoms with Gasteiger partial charge in [0, 0.05) is 5.69 Å². The standard InChI is InChI=1S/C16H25N3O2/c1-5-12-8-13(7-6-11(12)4)19-14(20)9-18-16(21)15(17)10(2)3/h6-8,10,15H,5,9,17H2,1-4H3,(H,18,21)(H,19,20)/t15-/m0/s1. The second-order valence-electron chi connectivity index (χ2n) is 5.53. The number of nitrogens with two attached hydrogens (primary N) is 1. The third kappa shape index (κ3) is 5.19. The molecule has 0 aromatic heterocycles. The summed E-state index contributed by atoms with van der Waals surface area (Å²) in [7, 11) is 0. The average Bonchev–Trinajstić information content (AvgIpc) is 2.45. The Kier molecular flexibility index (Phi) is 6.37. The van der Waals surface area contributed by atoms with Crippen LogP contribution in [0.15, 0.2) is 18.2 Å². The van der Waals surface area contributed by atoms with Gasteiger partial charge >= 0.3 is 0 Å². The van der Waals surface area contributed by atoms with Crippen LogP contribution in [-0.2, 0) is 16.0 Å². The fourth-order valence-electron chi connectivity index (χ4n) is 1.92. The highest BCUT2D eigenvalue weighted by atomic mass is 16.2. The molecule has 0 aliphatic heterocycles. The van der Waals surface area contributed by atoms with Crippen LogP contribution in [0.1, 0.15) is 31.9 Å². The van der Waals surface area contributed by atoms with E-state index in [0.717, 1.165) is 12.1 Å². The van der Waals surface area contributed by atoms with Crippen LogP contribution < -0.4 is 16.4 Å². The number of carbonyl (C=O) groups excluding carboxylic acids is 2. The zero-order valence-corrected chi connectivity index (χ0v) is 13.2. The van der Waals surface area contributed by atoms with Gasteiger partial charge in [-0.15, -0.1) is 0 Å². The summed E-state index contributed by atoms with van der Waals surface area (Å²) in [6.07, 6.45) is 0.912. The minimum absolute atomic E-state index is 0.0391. The van der Waals surface area contributed by atoms with Crippen molar-refractivity contribution >= 4 is 17.5 Å². The summed E-state index contributed by atoms with van der Waals surface area (Å²) in [5.41, 5.74) is 8.84. The molecule has 2 amide bonds. The Bertz CT molecular complexity index is 512. The molecule has 21 heavy (non-hydrogen) atoms. The lowest BCUT2D eigenvalue weighted by atomic mass is 10.1. The van der Waals surface area contributed by atoms with Gasteiger partial charge in [-0.25, -0.2) is 0 Å². The second-order valence-corrected chi connectivity index (χ2v) is 5.53. The van der Waals surface area contributed by atoms with E-state index in [0.29, 0.717) is 0 Å². The van der Waals surface area contributed by atoms with Gasteiger partial charge in [0.25, 0.3) is 0 Å². The molecule has 0 aliphatic rings. The van der Waals surface area contributed by atoms with E-state index < -0.39 is 6.04 Å². The van der Waals surface area contributed by atoms with E-state index in [1.165, 1.54) is 11.1 Å². The number of nitrogens with one attached hydrogen (secondary N) is 2. The number of rotatable bonds is 6. The number of amides is 2. The minimum atomic E-state index is -0.594. The monoisotopic (exact) mass is 291 g/mol. The van der Waals surface area contributed by atoms with Crippen molar-refractivity contribution in [2.75, 3.05) is 11.9 Å². The Morgan fingerprint density at radius 1 is 1.29 bits per heavy atom. The first-order valence-corrected chi connectivity index (χ1v) is 7.27. The molecule has 0 saturated carbocycles. The Morgan fingerprint density at radius 3 is 2.52 bits per heavy atom. The Morgan fingerprint density at radius 2 is 1.95 bits per heavy atom. The van der Waals surface area contributed by atoms with Crippen molar-refractivity contribution in [3.8, 4) is 0 Å². The maximum Gasteiger partial charge on any atom is 0.243 e. The highest BCUT2D eigenvalue weighted by Gasteiger charge is 2.17. The third-order valence-electron chi connectivity index (χ3n) is 3.46. The Balaban J connectivity index is 2.53. The second kappa shape index (κ2) is 7.78. The molecule has 1 aromatic rings. The molecule has 0 saturated heterocycles. The lowest BCUT2D eigenvalue weighted by molar-refractivity contribution is -0.125. The summed E-state index contributed by atoms with van der Waals surface area (Å²) in [4.78, 5) is 23.5. The van der Waals surface area contributed by atoms with Crippen molar-refractivity contribution in [3.63, 3.8) is 0 Å². The molecule has 4 N–H and O–H groups in total. The van der Waals surface area contributed by atoms with Crippen molar-refractivity contribution in [2.45, 2.75) is 40.2 Å². The molecule has 0 heterocycles. The number of hydrogen-bond donors (Lipinski definition) is 3. The molecule has 0 unspecified atom stereocenters. The molecule has 0 aliphatic carbocycles. The van der Waals surface area contributed by atoms with Crippen LogP contribution in [0.4, 0.5) is 5.69 Å². The van der Waals surface area contributed by atoms with Crippen LogP contribution in [0.3, 0.4) is 0 Å². The van der Waals surface area contributed by atoms with Crippen molar-refractivity contribution in [1.29, 1.82) is 0 Å². The van der Waals surface area contributed by atoms with Crippen molar-refractivity contribution in [3.05, 3.63) is 29.3 Å². The van der Waals surface area contributed by atoms with E-state index in [1.54, 1.807) is 0 Å². The molecule has 1 atom stereocenters. The highest BCUT2D eigenvalue weighted by Crippen LogP contribution is 2.15. The van der Waals surface area contributed by atoms with E-state index >= 15 is 0 Å². The molecular weight excluding hydrogens is 266 g/mol. The van der Waals surface area contributed by atoms with E-state index in [2.05, 4.69) is 17.6 Å². The highest BCUT2D eigenvalue weighted by molar-refractivity contribution is 5.95. The van der Waals surface area contributed by atoms with Gasteiger partial charge in [0.15, 0.2) is 0 Å². The quantitative estimate of drug-likeness (QED) is 0.744. The summed E-state index contributed by atoms with van der Waals surface area (Å²) >= 11 is 0. The first kappa shape index (κ1) is 17.2. The first-order chi connectivity index (χ1) is 9.85. The summed E-state index contributed by atoms with van der Waals surface area (Å²) in [6, 6.07) is 5.19. The number of anilines is 1. The summed E-state index contributed by atoms with van der Waals surface area (Å²) in [5, 5.41) is 5.32. The maximum atomic E-state index is 11.8. The average molecular weight is 291 g/mol. The van der Waals surface area contributed by atoms with Gasteiger partial charge < -0.3 is 16.4 Å². The van der Waals surface area contributed by atoms with Gasteiger partial charge in [-0.1, -0.05) is 26.8 Å². The predicted octanol–water partition coefficient (Wildman–Crippen LogP) is 1.60. The molecule has 0 radical (unpaired) electrons. The summed E-state index contributed by atoms with van der Waals surface area (Å²) < 4.78 is 0. The van der Waals surface area contributed by atoms with Gasteiger partial charge in [0.1, 0.15) is 0 Å². The van der Waals surface area contributed by atoms with Crippen LogP contribution >= 0.6 is 0 Å². The molecule has 1 rings (SSSR count). The first-order valence-electron chi connectivity index (χ1n) is 7.27. The number of hydrogen-bond acceptors (Lipinski definition) is 3. The van der Waals surface area contributed by atoms with Crippen molar-refractivity contribution in [1.82, 2.24) is 5.32 Å². The summed E-state index contributed by atoms with van der Waals surface area (Å²) in [6.45, 7) is 7.76. The predicted molar refractivity (Wildman–Crippen MR) is 85.0 cm³/mol. The number of aryl methyl sites for hydroxylation is 2. The van der Waals surface area contributed by atoms with Gasteiger partial charge in [0.05, 0.1) is 12.6 Å². The van der Waals surface area contributed by atoms with Crippen molar-refractivity contribution in [2.24, 2.45) is 11.7 Å². The largest absolute Gasteiger partial charge is 0.346 e. The minimum Gasteiger partial charge on any atom is -0.346 e. The molecule has 0 spiro atoms. The normalized spacial score (nSPS) is 12.1. The van der Waals surface area contributed by atoms with E-state index in [1.807, 2.05) is 39.0 Å². The fraction of sp³-hybridized carbons (Fsp3) is 0.500. The molecule has 1 aromatic carbocycles. The van der Waals surface area contributed by atoms with E-state index in [-0.39, 0.29) is 24.3 Å².